The highest BCUT2D eigenvalue weighted by atomic mass is 35.5. The zero-order valence-corrected chi connectivity index (χ0v) is 20.2. The third-order valence-electron chi connectivity index (χ3n) is 6.08. The van der Waals surface area contributed by atoms with Gasteiger partial charge in [0.1, 0.15) is 27.9 Å². The van der Waals surface area contributed by atoms with Crippen LogP contribution < -0.4 is 4.74 Å². The van der Waals surface area contributed by atoms with Crippen molar-refractivity contribution in [1.82, 2.24) is 34.6 Å². The smallest absolute Gasteiger partial charge is 0.148 e. The van der Waals surface area contributed by atoms with Crippen molar-refractivity contribution >= 4 is 33.7 Å². The highest BCUT2D eigenvalue weighted by molar-refractivity contribution is 6.36. The Balaban J connectivity index is 1.26. The molecule has 1 fully saturated rings. The Labute approximate surface area is 206 Å². The van der Waals surface area contributed by atoms with Crippen LogP contribution in [0.25, 0.3) is 33.3 Å². The Hall–Kier alpha value is -3.53. The third-order valence-corrected chi connectivity index (χ3v) is 6.44. The van der Waals surface area contributed by atoms with Gasteiger partial charge in [-0.05, 0) is 38.2 Å². The lowest BCUT2D eigenvalue weighted by atomic mass is 10.2. The van der Waals surface area contributed by atoms with Crippen molar-refractivity contribution in [3.8, 4) is 22.8 Å². The van der Waals surface area contributed by atoms with Gasteiger partial charge in [0.15, 0.2) is 0 Å². The predicted octanol–water partition coefficient (Wildman–Crippen LogP) is 4.45. The summed E-state index contributed by atoms with van der Waals surface area (Å²) < 4.78 is 13.8. The van der Waals surface area contributed by atoms with Gasteiger partial charge in [-0.1, -0.05) is 11.6 Å². The molecule has 5 aromatic rings. The molecule has 178 valence electrons. The molecule has 1 atom stereocenters. The van der Waals surface area contributed by atoms with E-state index in [-0.39, 0.29) is 6.10 Å². The van der Waals surface area contributed by atoms with E-state index in [1.807, 2.05) is 42.1 Å². The van der Waals surface area contributed by atoms with Crippen LogP contribution >= 0.6 is 11.6 Å². The quantitative estimate of drug-likeness (QED) is 0.389. The van der Waals surface area contributed by atoms with E-state index < -0.39 is 0 Å². The molecule has 1 aliphatic rings. The highest BCUT2D eigenvalue weighted by Crippen LogP contribution is 2.35. The first-order chi connectivity index (χ1) is 17.0. The number of imidazole rings is 1. The van der Waals surface area contributed by atoms with Crippen molar-refractivity contribution in [2.75, 3.05) is 26.7 Å². The molecule has 0 saturated carbocycles. The molecular weight excluding hydrogens is 466 g/mol. The zero-order valence-electron chi connectivity index (χ0n) is 19.4. The molecule has 10 heteroatoms. The largest absolute Gasteiger partial charge is 0.456 e. The maximum atomic E-state index is 6.73. The summed E-state index contributed by atoms with van der Waals surface area (Å²) in [7, 11) is 2.10. The number of nitrogens with zero attached hydrogens (tertiary/aromatic N) is 6. The lowest BCUT2D eigenvalue weighted by Gasteiger charge is -2.29. The van der Waals surface area contributed by atoms with E-state index in [0.29, 0.717) is 39.8 Å². The van der Waals surface area contributed by atoms with Crippen LogP contribution in [0.4, 0.5) is 0 Å². The first-order valence-corrected chi connectivity index (χ1v) is 11.8. The molecule has 6 rings (SSSR count). The molecule has 1 saturated heterocycles. The number of morpholine rings is 1. The fraction of sp³-hybridized carbons (Fsp3) is 0.280. The monoisotopic (exact) mass is 489 g/mol. The van der Waals surface area contributed by atoms with Crippen molar-refractivity contribution in [3.63, 3.8) is 0 Å². The van der Waals surface area contributed by atoms with E-state index in [4.69, 9.17) is 26.1 Å². The maximum Gasteiger partial charge on any atom is 0.148 e. The van der Waals surface area contributed by atoms with E-state index in [0.717, 1.165) is 42.1 Å². The second kappa shape index (κ2) is 8.92. The van der Waals surface area contributed by atoms with E-state index in [1.165, 1.54) is 0 Å². The minimum atomic E-state index is 0.114. The Morgan fingerprint density at radius 1 is 1.17 bits per heavy atom. The van der Waals surface area contributed by atoms with E-state index >= 15 is 0 Å². The van der Waals surface area contributed by atoms with Crippen LogP contribution in [0.3, 0.4) is 0 Å². The lowest BCUT2D eigenvalue weighted by Crippen LogP contribution is -2.42. The zero-order chi connectivity index (χ0) is 23.9. The number of benzene rings is 2. The molecular formula is C25H24ClN7O2. The molecule has 1 unspecified atom stereocenters. The number of aryl methyl sites for hydroxylation is 1. The molecule has 0 spiro atoms. The van der Waals surface area contributed by atoms with Crippen LogP contribution in [0.5, 0.6) is 11.5 Å². The van der Waals surface area contributed by atoms with Crippen LogP contribution in [-0.2, 0) is 11.3 Å². The number of hydrogen-bond donors (Lipinski definition) is 1. The summed E-state index contributed by atoms with van der Waals surface area (Å²) in [6.07, 6.45) is 5.60. The predicted molar refractivity (Wildman–Crippen MR) is 134 cm³/mol. The van der Waals surface area contributed by atoms with Gasteiger partial charge < -0.3 is 19.4 Å². The number of likely N-dealkylation sites (N-methyl/N-ethyl adjacent to an activating group) is 1. The van der Waals surface area contributed by atoms with Crippen molar-refractivity contribution in [3.05, 3.63) is 59.8 Å². The molecule has 9 nitrogen and oxygen atoms in total. The summed E-state index contributed by atoms with van der Waals surface area (Å²) >= 11 is 6.73. The lowest BCUT2D eigenvalue weighted by molar-refractivity contribution is -0.0290. The molecule has 0 amide bonds. The number of rotatable bonds is 5. The molecule has 2 aromatic carbocycles. The van der Waals surface area contributed by atoms with Gasteiger partial charge >= 0.3 is 0 Å². The molecule has 35 heavy (non-hydrogen) atoms. The molecule has 4 heterocycles. The molecule has 0 radical (unpaired) electrons. The van der Waals surface area contributed by atoms with Crippen LogP contribution in [0, 0.1) is 6.92 Å². The summed E-state index contributed by atoms with van der Waals surface area (Å²) in [6, 6.07) is 9.34. The average molecular weight is 490 g/mol. The molecule has 0 aliphatic carbocycles. The molecule has 0 bridgehead atoms. The number of aromatic nitrogens is 6. The fourth-order valence-electron chi connectivity index (χ4n) is 4.33. The summed E-state index contributed by atoms with van der Waals surface area (Å²) in [5, 5.41) is 4.91. The average Bonchev–Trinajstić information content (AvgIpc) is 3.46. The van der Waals surface area contributed by atoms with Crippen LogP contribution in [0.1, 0.15) is 5.82 Å². The minimum absolute atomic E-state index is 0.114. The molecule has 1 N–H and O–H groups in total. The number of halogens is 1. The second-order valence-corrected chi connectivity index (χ2v) is 9.19. The van der Waals surface area contributed by atoms with Crippen molar-refractivity contribution in [1.29, 1.82) is 0 Å². The summed E-state index contributed by atoms with van der Waals surface area (Å²) in [6.45, 7) is 5.19. The van der Waals surface area contributed by atoms with Gasteiger partial charge in [-0.2, -0.15) is 5.10 Å². The van der Waals surface area contributed by atoms with Gasteiger partial charge in [0.2, 0.25) is 0 Å². The molecule has 1 aliphatic heterocycles. The Morgan fingerprint density at radius 2 is 2.06 bits per heavy atom. The van der Waals surface area contributed by atoms with Gasteiger partial charge in [-0.15, -0.1) is 0 Å². The second-order valence-electron chi connectivity index (χ2n) is 8.81. The first-order valence-electron chi connectivity index (χ1n) is 11.4. The molecule has 3 aromatic heterocycles. The van der Waals surface area contributed by atoms with Gasteiger partial charge in [-0.3, -0.25) is 9.67 Å². The van der Waals surface area contributed by atoms with Crippen LogP contribution in [0.2, 0.25) is 5.02 Å². The minimum Gasteiger partial charge on any atom is -0.456 e. The summed E-state index contributed by atoms with van der Waals surface area (Å²) in [5.74, 6) is 2.02. The van der Waals surface area contributed by atoms with E-state index in [9.17, 15) is 0 Å². The number of ether oxygens (including phenoxy) is 2. The Morgan fingerprint density at radius 3 is 2.94 bits per heavy atom. The Kier molecular flexibility index (Phi) is 5.60. The van der Waals surface area contributed by atoms with Crippen LogP contribution in [0.15, 0.2) is 48.9 Å². The SMILES string of the molecule is Cc1nc2ccc(Oc3ccc4ncc(-c5cnn(CC6CN(C)CCO6)c5)nc4c3Cl)cc2[nH]1. The number of H-pyrrole nitrogens is 1. The first kappa shape index (κ1) is 22.0. The topological polar surface area (TPSA) is 94.0 Å². The summed E-state index contributed by atoms with van der Waals surface area (Å²) in [5.41, 5.74) is 4.62. The number of nitrogens with one attached hydrogen (secondary N) is 1. The number of fused-ring (bicyclic) bond motifs is 2. The van der Waals surface area contributed by atoms with Gasteiger partial charge in [0, 0.05) is 30.9 Å². The Bertz CT molecular complexity index is 1530. The normalized spacial score (nSPS) is 16.8. The van der Waals surface area contributed by atoms with Gasteiger partial charge in [-0.25, -0.2) is 9.97 Å². The standard InChI is InChI=1S/C25H24ClN7O2/c1-15-29-19-4-3-17(9-21(19)30-15)35-23-6-5-20-25(24(23)26)31-22(11-27-20)16-10-28-33(12-16)14-18-13-32(2)7-8-34-18/h3-6,9-12,18H,7-8,13-14H2,1-2H3,(H,29,30). The van der Waals surface area contributed by atoms with Crippen molar-refractivity contribution < 1.29 is 9.47 Å². The third kappa shape index (κ3) is 4.45. The van der Waals surface area contributed by atoms with Crippen molar-refractivity contribution in [2.24, 2.45) is 0 Å². The number of aromatic amines is 1. The van der Waals surface area contributed by atoms with Gasteiger partial charge in [0.25, 0.3) is 0 Å². The van der Waals surface area contributed by atoms with Crippen molar-refractivity contribution in [2.45, 2.75) is 19.6 Å². The van der Waals surface area contributed by atoms with E-state index in [2.05, 4.69) is 32.0 Å². The maximum absolute atomic E-state index is 6.73. The van der Waals surface area contributed by atoms with Crippen LogP contribution in [-0.4, -0.2) is 67.5 Å². The van der Waals surface area contributed by atoms with Gasteiger partial charge in [0.05, 0.1) is 53.9 Å². The highest BCUT2D eigenvalue weighted by Gasteiger charge is 2.19. The summed E-state index contributed by atoms with van der Waals surface area (Å²) in [4.78, 5) is 19.3. The number of hydrogen-bond acceptors (Lipinski definition) is 7. The van der Waals surface area contributed by atoms with E-state index in [1.54, 1.807) is 18.5 Å². The fourth-order valence-corrected chi connectivity index (χ4v) is 4.57.